The van der Waals surface area contributed by atoms with Gasteiger partial charge in [-0.2, -0.15) is 0 Å². The first kappa shape index (κ1) is 22.4. The summed E-state index contributed by atoms with van der Waals surface area (Å²) in [5.74, 6) is 0.381. The number of halogens is 1. The molecule has 0 spiro atoms. The Labute approximate surface area is 182 Å². The maximum Gasteiger partial charge on any atom is 0.263 e. The third kappa shape index (κ3) is 5.24. The van der Waals surface area contributed by atoms with Crippen LogP contribution in [0.2, 0.25) is 5.02 Å². The SMILES string of the molecule is CCOc1ccc(NS(=O)(=O)c2cc(C(=O)N3C[C@@H](C)O[C@H](C)C3)ccc2Cl)cc1. The van der Waals surface area contributed by atoms with Crippen LogP contribution in [0, 0.1) is 0 Å². The highest BCUT2D eigenvalue weighted by atomic mass is 35.5. The smallest absolute Gasteiger partial charge is 0.263 e. The molecule has 1 amide bonds. The highest BCUT2D eigenvalue weighted by Gasteiger charge is 2.28. The molecule has 1 saturated heterocycles. The summed E-state index contributed by atoms with van der Waals surface area (Å²) in [6.45, 7) is 7.06. The van der Waals surface area contributed by atoms with Gasteiger partial charge < -0.3 is 14.4 Å². The molecule has 1 aliphatic heterocycles. The number of sulfonamides is 1. The molecule has 1 heterocycles. The zero-order chi connectivity index (χ0) is 21.9. The lowest BCUT2D eigenvalue weighted by Crippen LogP contribution is -2.48. The molecular formula is C21H25ClN2O5S. The lowest BCUT2D eigenvalue weighted by Gasteiger charge is -2.35. The van der Waals surface area contributed by atoms with Crippen molar-refractivity contribution in [3.63, 3.8) is 0 Å². The van der Waals surface area contributed by atoms with Gasteiger partial charge in [0.25, 0.3) is 15.9 Å². The number of carbonyl (C=O) groups is 1. The summed E-state index contributed by atoms with van der Waals surface area (Å²) in [6.07, 6.45) is -0.177. The fourth-order valence-corrected chi connectivity index (χ4v) is 4.95. The summed E-state index contributed by atoms with van der Waals surface area (Å²) in [4.78, 5) is 14.4. The number of nitrogens with one attached hydrogen (secondary N) is 1. The maximum atomic E-state index is 12.9. The van der Waals surface area contributed by atoms with Crippen molar-refractivity contribution in [2.75, 3.05) is 24.4 Å². The Bertz CT molecular complexity index is 1000. The Morgan fingerprint density at radius 1 is 1.17 bits per heavy atom. The Kier molecular flexibility index (Phi) is 6.90. The fraction of sp³-hybridized carbons (Fsp3) is 0.381. The van der Waals surface area contributed by atoms with E-state index in [2.05, 4.69) is 4.72 Å². The standard InChI is InChI=1S/C21H25ClN2O5S/c1-4-28-18-8-6-17(7-9-18)23-30(26,27)20-11-16(5-10-19(20)22)21(25)24-12-14(2)29-15(3)13-24/h5-11,14-15,23H,4,12-13H2,1-3H3/t14-,15-/m1/s1. The number of hydrogen-bond donors (Lipinski definition) is 1. The van der Waals surface area contributed by atoms with Crippen LogP contribution in [0.15, 0.2) is 47.4 Å². The summed E-state index contributed by atoms with van der Waals surface area (Å²) in [5.41, 5.74) is 0.620. The Morgan fingerprint density at radius 3 is 2.40 bits per heavy atom. The van der Waals surface area contributed by atoms with E-state index in [-0.39, 0.29) is 33.6 Å². The van der Waals surface area contributed by atoms with E-state index in [4.69, 9.17) is 21.1 Å². The van der Waals surface area contributed by atoms with Gasteiger partial charge in [0, 0.05) is 24.3 Å². The summed E-state index contributed by atoms with van der Waals surface area (Å²) >= 11 is 6.17. The number of amides is 1. The van der Waals surface area contributed by atoms with E-state index in [0.717, 1.165) is 0 Å². The van der Waals surface area contributed by atoms with E-state index in [9.17, 15) is 13.2 Å². The highest BCUT2D eigenvalue weighted by molar-refractivity contribution is 7.92. The molecular weight excluding hydrogens is 428 g/mol. The molecule has 1 N–H and O–H groups in total. The average Bonchev–Trinajstić information content (AvgIpc) is 2.68. The molecule has 1 aliphatic rings. The minimum Gasteiger partial charge on any atom is -0.494 e. The van der Waals surface area contributed by atoms with Gasteiger partial charge in [0.15, 0.2) is 0 Å². The molecule has 3 rings (SSSR count). The van der Waals surface area contributed by atoms with Gasteiger partial charge in [0.2, 0.25) is 0 Å². The molecule has 2 aromatic carbocycles. The second kappa shape index (κ2) is 9.24. The zero-order valence-corrected chi connectivity index (χ0v) is 18.7. The van der Waals surface area contributed by atoms with Crippen molar-refractivity contribution in [3.05, 3.63) is 53.1 Å². The molecule has 162 valence electrons. The zero-order valence-electron chi connectivity index (χ0n) is 17.1. The van der Waals surface area contributed by atoms with E-state index >= 15 is 0 Å². The number of morpholine rings is 1. The van der Waals surface area contributed by atoms with Gasteiger partial charge in [-0.05, 0) is 63.2 Å². The number of hydrogen-bond acceptors (Lipinski definition) is 5. The molecule has 0 bridgehead atoms. The van der Waals surface area contributed by atoms with Crippen LogP contribution in [0.4, 0.5) is 5.69 Å². The van der Waals surface area contributed by atoms with Gasteiger partial charge >= 0.3 is 0 Å². The van der Waals surface area contributed by atoms with E-state index < -0.39 is 10.0 Å². The van der Waals surface area contributed by atoms with Gasteiger partial charge in [-0.3, -0.25) is 9.52 Å². The second-order valence-corrected chi connectivity index (χ2v) is 9.23. The number of rotatable bonds is 6. The van der Waals surface area contributed by atoms with Crippen LogP contribution >= 0.6 is 11.6 Å². The molecule has 1 fully saturated rings. The Hall–Kier alpha value is -2.29. The predicted octanol–water partition coefficient (Wildman–Crippen LogP) is 3.79. The minimum atomic E-state index is -4.00. The first-order valence-corrected chi connectivity index (χ1v) is 11.6. The summed E-state index contributed by atoms with van der Waals surface area (Å²) < 4.78 is 39.3. The molecule has 2 aromatic rings. The molecule has 0 radical (unpaired) electrons. The quantitative estimate of drug-likeness (QED) is 0.720. The average molecular weight is 453 g/mol. The maximum absolute atomic E-state index is 12.9. The summed E-state index contributed by atoms with van der Waals surface area (Å²) in [6, 6.07) is 10.8. The number of nitrogens with zero attached hydrogens (tertiary/aromatic N) is 1. The summed E-state index contributed by atoms with van der Waals surface area (Å²) in [5, 5.41) is 0.0358. The van der Waals surface area contributed by atoms with Crippen LogP contribution in [0.1, 0.15) is 31.1 Å². The van der Waals surface area contributed by atoms with Gasteiger partial charge in [-0.15, -0.1) is 0 Å². The van der Waals surface area contributed by atoms with Crippen LogP contribution in [0.3, 0.4) is 0 Å². The van der Waals surface area contributed by atoms with Crippen molar-refractivity contribution < 1.29 is 22.7 Å². The number of benzene rings is 2. The van der Waals surface area contributed by atoms with Crippen LogP contribution < -0.4 is 9.46 Å². The molecule has 7 nitrogen and oxygen atoms in total. The predicted molar refractivity (Wildman–Crippen MR) is 116 cm³/mol. The van der Waals surface area contributed by atoms with Gasteiger partial charge in [0.1, 0.15) is 10.6 Å². The Morgan fingerprint density at radius 2 is 1.80 bits per heavy atom. The number of carbonyl (C=O) groups excluding carboxylic acids is 1. The highest BCUT2D eigenvalue weighted by Crippen LogP contribution is 2.27. The van der Waals surface area contributed by atoms with E-state index in [0.29, 0.717) is 31.1 Å². The molecule has 9 heteroatoms. The molecule has 0 aromatic heterocycles. The molecule has 0 aliphatic carbocycles. The van der Waals surface area contributed by atoms with Crippen LogP contribution in [0.25, 0.3) is 0 Å². The van der Waals surface area contributed by atoms with E-state index in [1.807, 2.05) is 20.8 Å². The van der Waals surface area contributed by atoms with Crippen molar-refractivity contribution in [3.8, 4) is 5.75 Å². The van der Waals surface area contributed by atoms with Crippen molar-refractivity contribution in [1.29, 1.82) is 0 Å². The van der Waals surface area contributed by atoms with Crippen LogP contribution in [-0.4, -0.2) is 51.1 Å². The molecule has 0 unspecified atom stereocenters. The Balaban J connectivity index is 1.83. The van der Waals surface area contributed by atoms with Crippen LogP contribution in [0.5, 0.6) is 5.75 Å². The number of ether oxygens (including phenoxy) is 2. The second-order valence-electron chi connectivity index (χ2n) is 7.18. The topological polar surface area (TPSA) is 84.9 Å². The lowest BCUT2D eigenvalue weighted by atomic mass is 10.1. The van der Waals surface area contributed by atoms with Crippen molar-refractivity contribution in [2.45, 2.75) is 37.9 Å². The summed E-state index contributed by atoms with van der Waals surface area (Å²) in [7, 11) is -4.00. The minimum absolute atomic E-state index is 0.0358. The molecule has 0 saturated carbocycles. The third-order valence-electron chi connectivity index (χ3n) is 4.59. The first-order valence-electron chi connectivity index (χ1n) is 9.69. The van der Waals surface area contributed by atoms with Crippen LogP contribution in [-0.2, 0) is 14.8 Å². The normalized spacial score (nSPS) is 19.4. The van der Waals surface area contributed by atoms with Gasteiger partial charge in [0.05, 0.1) is 23.8 Å². The number of anilines is 1. The molecule has 2 atom stereocenters. The van der Waals surface area contributed by atoms with Gasteiger partial charge in [-0.25, -0.2) is 8.42 Å². The monoisotopic (exact) mass is 452 g/mol. The van der Waals surface area contributed by atoms with Crippen molar-refractivity contribution in [2.24, 2.45) is 0 Å². The van der Waals surface area contributed by atoms with Crippen molar-refractivity contribution >= 4 is 33.2 Å². The van der Waals surface area contributed by atoms with Crippen molar-refractivity contribution in [1.82, 2.24) is 4.90 Å². The third-order valence-corrected chi connectivity index (χ3v) is 6.45. The first-order chi connectivity index (χ1) is 14.2. The molecule has 30 heavy (non-hydrogen) atoms. The van der Waals surface area contributed by atoms with E-state index in [1.54, 1.807) is 29.2 Å². The fourth-order valence-electron chi connectivity index (χ4n) is 3.36. The largest absolute Gasteiger partial charge is 0.494 e. The lowest BCUT2D eigenvalue weighted by molar-refractivity contribution is -0.0586. The van der Waals surface area contributed by atoms with E-state index in [1.165, 1.54) is 18.2 Å². The van der Waals surface area contributed by atoms with Gasteiger partial charge in [-0.1, -0.05) is 11.6 Å².